The fraction of sp³-hybridized carbons (Fsp3) is 0.125. The van der Waals surface area contributed by atoms with Gasteiger partial charge in [0.1, 0.15) is 0 Å². The standard InChI is InChI=1S/C16H14N2O/c1-12-5-4-7-14(11-12)18-16(19)15-8-3-2-6-13(15)9-10-17/h2-8,11H,9H2,1H3,(H,18,19). The van der Waals surface area contributed by atoms with E-state index in [0.29, 0.717) is 5.56 Å². The molecule has 3 nitrogen and oxygen atoms in total. The van der Waals surface area contributed by atoms with Gasteiger partial charge >= 0.3 is 0 Å². The number of anilines is 1. The number of nitriles is 1. The van der Waals surface area contributed by atoms with Gasteiger partial charge in [-0.25, -0.2) is 0 Å². The third kappa shape index (κ3) is 3.20. The van der Waals surface area contributed by atoms with Crippen molar-refractivity contribution in [1.82, 2.24) is 0 Å². The van der Waals surface area contributed by atoms with Crippen molar-refractivity contribution in [1.29, 1.82) is 5.26 Å². The van der Waals surface area contributed by atoms with Crippen molar-refractivity contribution in [3.63, 3.8) is 0 Å². The van der Waals surface area contributed by atoms with Crippen molar-refractivity contribution in [2.75, 3.05) is 5.32 Å². The first-order valence-electron chi connectivity index (χ1n) is 6.03. The molecule has 2 rings (SSSR count). The lowest BCUT2D eigenvalue weighted by molar-refractivity contribution is 0.102. The first kappa shape index (κ1) is 12.8. The number of carbonyl (C=O) groups is 1. The second kappa shape index (κ2) is 5.83. The average Bonchev–Trinajstić information content (AvgIpc) is 2.39. The van der Waals surface area contributed by atoms with E-state index >= 15 is 0 Å². The number of rotatable bonds is 3. The molecule has 1 N–H and O–H groups in total. The van der Waals surface area contributed by atoms with Gasteiger partial charge in [0, 0.05) is 11.3 Å². The van der Waals surface area contributed by atoms with Gasteiger partial charge in [0.05, 0.1) is 12.5 Å². The second-order valence-corrected chi connectivity index (χ2v) is 4.32. The van der Waals surface area contributed by atoms with Gasteiger partial charge in [-0.15, -0.1) is 0 Å². The number of aryl methyl sites for hydroxylation is 1. The van der Waals surface area contributed by atoms with Crippen LogP contribution < -0.4 is 5.32 Å². The fourth-order valence-electron chi connectivity index (χ4n) is 1.90. The van der Waals surface area contributed by atoms with Crippen LogP contribution in [0.25, 0.3) is 0 Å². The van der Waals surface area contributed by atoms with Gasteiger partial charge < -0.3 is 5.32 Å². The summed E-state index contributed by atoms with van der Waals surface area (Å²) in [6.45, 7) is 1.97. The molecule has 0 aliphatic carbocycles. The third-order valence-electron chi connectivity index (χ3n) is 2.81. The van der Waals surface area contributed by atoms with E-state index in [4.69, 9.17) is 5.26 Å². The molecule has 0 unspecified atom stereocenters. The Balaban J connectivity index is 2.23. The maximum Gasteiger partial charge on any atom is 0.255 e. The summed E-state index contributed by atoms with van der Waals surface area (Å²) in [5, 5.41) is 11.6. The highest BCUT2D eigenvalue weighted by molar-refractivity contribution is 6.05. The van der Waals surface area contributed by atoms with Crippen LogP contribution in [-0.2, 0) is 6.42 Å². The van der Waals surface area contributed by atoms with Gasteiger partial charge in [0.25, 0.3) is 5.91 Å². The molecule has 0 fully saturated rings. The zero-order valence-electron chi connectivity index (χ0n) is 10.7. The predicted molar refractivity (Wildman–Crippen MR) is 74.9 cm³/mol. The number of benzene rings is 2. The minimum absolute atomic E-state index is 0.184. The zero-order valence-corrected chi connectivity index (χ0v) is 10.7. The van der Waals surface area contributed by atoms with E-state index in [9.17, 15) is 4.79 Å². The van der Waals surface area contributed by atoms with Gasteiger partial charge in [-0.2, -0.15) is 5.26 Å². The van der Waals surface area contributed by atoms with Gasteiger partial charge in [-0.05, 0) is 36.2 Å². The fourth-order valence-corrected chi connectivity index (χ4v) is 1.90. The van der Waals surface area contributed by atoms with Crippen molar-refractivity contribution in [2.24, 2.45) is 0 Å². The highest BCUT2D eigenvalue weighted by atomic mass is 16.1. The first-order chi connectivity index (χ1) is 9.20. The Kier molecular flexibility index (Phi) is 3.94. The maximum atomic E-state index is 12.2. The van der Waals surface area contributed by atoms with Gasteiger partial charge in [-0.1, -0.05) is 30.3 Å². The van der Waals surface area contributed by atoms with Crippen LogP contribution in [0.4, 0.5) is 5.69 Å². The number of hydrogen-bond donors (Lipinski definition) is 1. The van der Waals surface area contributed by atoms with Crippen LogP contribution in [0, 0.1) is 18.3 Å². The summed E-state index contributed by atoms with van der Waals surface area (Å²) in [6, 6.07) is 16.9. The second-order valence-electron chi connectivity index (χ2n) is 4.32. The molecule has 1 amide bonds. The zero-order chi connectivity index (χ0) is 13.7. The highest BCUT2D eigenvalue weighted by Crippen LogP contribution is 2.14. The molecule has 0 radical (unpaired) electrons. The van der Waals surface area contributed by atoms with Crippen molar-refractivity contribution in [3.05, 3.63) is 65.2 Å². The number of nitrogens with one attached hydrogen (secondary N) is 1. The van der Waals surface area contributed by atoms with Crippen LogP contribution >= 0.6 is 0 Å². The lowest BCUT2D eigenvalue weighted by Crippen LogP contribution is -2.14. The van der Waals surface area contributed by atoms with Crippen LogP contribution in [0.1, 0.15) is 21.5 Å². The van der Waals surface area contributed by atoms with E-state index in [1.807, 2.05) is 37.3 Å². The van der Waals surface area contributed by atoms with Crippen molar-refractivity contribution >= 4 is 11.6 Å². The quantitative estimate of drug-likeness (QED) is 0.908. The van der Waals surface area contributed by atoms with Crippen molar-refractivity contribution in [2.45, 2.75) is 13.3 Å². The smallest absolute Gasteiger partial charge is 0.255 e. The lowest BCUT2D eigenvalue weighted by Gasteiger charge is -2.08. The van der Waals surface area contributed by atoms with Gasteiger partial charge in [0.2, 0.25) is 0 Å². The normalized spacial score (nSPS) is 9.68. The Hall–Kier alpha value is -2.60. The van der Waals surface area contributed by atoms with Crippen molar-refractivity contribution < 1.29 is 4.79 Å². The molecule has 2 aromatic carbocycles. The van der Waals surface area contributed by atoms with E-state index < -0.39 is 0 Å². The number of hydrogen-bond acceptors (Lipinski definition) is 2. The minimum Gasteiger partial charge on any atom is -0.322 e. The average molecular weight is 250 g/mol. The van der Waals surface area contributed by atoms with Gasteiger partial charge in [0.15, 0.2) is 0 Å². The molecule has 2 aromatic rings. The molecule has 0 saturated heterocycles. The molecule has 0 aromatic heterocycles. The molecule has 0 saturated carbocycles. The number of carbonyl (C=O) groups excluding carboxylic acids is 1. The molecule has 19 heavy (non-hydrogen) atoms. The maximum absolute atomic E-state index is 12.2. The SMILES string of the molecule is Cc1cccc(NC(=O)c2ccccc2CC#N)c1. The first-order valence-corrected chi connectivity index (χ1v) is 6.03. The summed E-state index contributed by atoms with van der Waals surface area (Å²) in [6.07, 6.45) is 0.234. The van der Waals surface area contributed by atoms with E-state index in [1.165, 1.54) is 0 Å². The summed E-state index contributed by atoms with van der Waals surface area (Å²) in [7, 11) is 0. The largest absolute Gasteiger partial charge is 0.322 e. The Bertz CT molecular complexity index is 641. The van der Waals surface area contributed by atoms with E-state index in [-0.39, 0.29) is 12.3 Å². The van der Waals surface area contributed by atoms with Crippen LogP contribution in [0.2, 0.25) is 0 Å². The van der Waals surface area contributed by atoms with Gasteiger partial charge in [-0.3, -0.25) is 4.79 Å². The molecule has 0 aliphatic rings. The van der Waals surface area contributed by atoms with Crippen LogP contribution in [0.15, 0.2) is 48.5 Å². The Labute approximate surface area is 112 Å². The summed E-state index contributed by atoms with van der Waals surface area (Å²) in [4.78, 5) is 12.2. The van der Waals surface area contributed by atoms with Crippen LogP contribution in [-0.4, -0.2) is 5.91 Å². The molecule has 94 valence electrons. The lowest BCUT2D eigenvalue weighted by atomic mass is 10.0. The summed E-state index contributed by atoms with van der Waals surface area (Å²) in [5.74, 6) is -0.184. The van der Waals surface area contributed by atoms with Crippen molar-refractivity contribution in [3.8, 4) is 6.07 Å². The topological polar surface area (TPSA) is 52.9 Å². The molecule has 0 aliphatic heterocycles. The minimum atomic E-state index is -0.184. The van der Waals surface area contributed by atoms with Crippen LogP contribution in [0.3, 0.4) is 0 Å². The Morgan fingerprint density at radius 1 is 1.21 bits per heavy atom. The summed E-state index contributed by atoms with van der Waals surface area (Å²) < 4.78 is 0. The molecule has 0 heterocycles. The number of amides is 1. The third-order valence-corrected chi connectivity index (χ3v) is 2.81. The van der Waals surface area contributed by atoms with E-state index in [2.05, 4.69) is 11.4 Å². The molecular formula is C16H14N2O. The Morgan fingerprint density at radius 2 is 2.00 bits per heavy atom. The van der Waals surface area contributed by atoms with E-state index in [0.717, 1.165) is 16.8 Å². The molecular weight excluding hydrogens is 236 g/mol. The monoisotopic (exact) mass is 250 g/mol. The Morgan fingerprint density at radius 3 is 2.74 bits per heavy atom. The molecule has 3 heteroatoms. The van der Waals surface area contributed by atoms with E-state index in [1.54, 1.807) is 18.2 Å². The summed E-state index contributed by atoms with van der Waals surface area (Å²) in [5.41, 5.74) is 3.14. The summed E-state index contributed by atoms with van der Waals surface area (Å²) >= 11 is 0. The molecule has 0 bridgehead atoms. The number of nitrogens with zero attached hydrogens (tertiary/aromatic N) is 1. The predicted octanol–water partition coefficient (Wildman–Crippen LogP) is 3.31. The van der Waals surface area contributed by atoms with Crippen LogP contribution in [0.5, 0.6) is 0 Å². The molecule has 0 atom stereocenters. The molecule has 0 spiro atoms. The highest BCUT2D eigenvalue weighted by Gasteiger charge is 2.10.